The molecule has 0 aliphatic carbocycles. The lowest BCUT2D eigenvalue weighted by Crippen LogP contribution is -2.35. The normalized spacial score (nSPS) is 14.6. The topological polar surface area (TPSA) is 102 Å². The Bertz CT molecular complexity index is 1330. The first kappa shape index (κ1) is 24.2. The van der Waals surface area contributed by atoms with Gasteiger partial charge in [0.2, 0.25) is 10.0 Å². The number of nitrogens with zero attached hydrogens (tertiary/aromatic N) is 1. The van der Waals surface area contributed by atoms with Gasteiger partial charge in [-0.25, -0.2) is 13.2 Å². The first-order valence-corrected chi connectivity index (χ1v) is 13.2. The number of carbonyl (C=O) groups is 2. The van der Waals surface area contributed by atoms with Gasteiger partial charge < -0.3 is 14.8 Å². The van der Waals surface area contributed by atoms with E-state index in [0.717, 1.165) is 29.3 Å². The van der Waals surface area contributed by atoms with Gasteiger partial charge in [0.15, 0.2) is 6.61 Å². The van der Waals surface area contributed by atoms with Crippen molar-refractivity contribution in [1.82, 2.24) is 4.31 Å². The Morgan fingerprint density at radius 2 is 1.82 bits per heavy atom. The number of sulfonamides is 1. The lowest BCUT2D eigenvalue weighted by molar-refractivity contribution is -0.118. The Morgan fingerprint density at radius 3 is 2.53 bits per heavy atom. The molecule has 2 heterocycles. The number of methoxy groups -OCH3 is 1. The molecule has 1 N–H and O–H groups in total. The van der Waals surface area contributed by atoms with Gasteiger partial charge in [0.05, 0.1) is 12.0 Å². The van der Waals surface area contributed by atoms with Crippen LogP contribution in [0.1, 0.15) is 34.5 Å². The van der Waals surface area contributed by atoms with E-state index in [1.807, 2.05) is 6.07 Å². The number of thiophene rings is 1. The van der Waals surface area contributed by atoms with Crippen molar-refractivity contribution in [2.24, 2.45) is 0 Å². The second-order valence-corrected chi connectivity index (χ2v) is 11.1. The van der Waals surface area contributed by atoms with E-state index in [9.17, 15) is 18.0 Å². The van der Waals surface area contributed by atoms with Crippen LogP contribution >= 0.6 is 11.3 Å². The van der Waals surface area contributed by atoms with Gasteiger partial charge in [-0.2, -0.15) is 4.31 Å². The van der Waals surface area contributed by atoms with E-state index in [2.05, 4.69) is 5.32 Å². The molecule has 0 atom stereocenters. The van der Waals surface area contributed by atoms with Gasteiger partial charge in [0, 0.05) is 23.5 Å². The highest BCUT2D eigenvalue weighted by molar-refractivity contribution is 7.89. The minimum absolute atomic E-state index is 0.228. The maximum absolute atomic E-state index is 12.9. The van der Waals surface area contributed by atoms with Gasteiger partial charge in [0.1, 0.15) is 10.6 Å². The van der Waals surface area contributed by atoms with Crippen molar-refractivity contribution in [3.63, 3.8) is 0 Å². The number of esters is 1. The third-order valence-electron chi connectivity index (χ3n) is 5.64. The summed E-state index contributed by atoms with van der Waals surface area (Å²) in [4.78, 5) is 24.9. The summed E-state index contributed by atoms with van der Waals surface area (Å²) in [5.41, 5.74) is 1.22. The lowest BCUT2D eigenvalue weighted by Gasteiger charge is -2.26. The van der Waals surface area contributed by atoms with E-state index in [4.69, 9.17) is 9.47 Å². The molecule has 1 aliphatic rings. The van der Waals surface area contributed by atoms with E-state index in [0.29, 0.717) is 35.0 Å². The van der Waals surface area contributed by atoms with Crippen LogP contribution in [0, 0.1) is 6.92 Å². The average Bonchev–Trinajstić information content (AvgIpc) is 3.26. The third-order valence-corrected chi connectivity index (χ3v) is 8.64. The predicted molar refractivity (Wildman–Crippen MR) is 131 cm³/mol. The Balaban J connectivity index is 1.38. The Morgan fingerprint density at radius 1 is 1.06 bits per heavy atom. The van der Waals surface area contributed by atoms with Crippen molar-refractivity contribution in [3.05, 3.63) is 52.9 Å². The summed E-state index contributed by atoms with van der Waals surface area (Å²) in [7, 11) is -2.19. The van der Waals surface area contributed by atoms with Crippen LogP contribution < -0.4 is 10.1 Å². The minimum Gasteiger partial charge on any atom is -0.483 e. The lowest BCUT2D eigenvalue weighted by atomic mass is 10.2. The molecular weight excluding hydrogens is 476 g/mol. The number of benzene rings is 2. The zero-order chi connectivity index (χ0) is 24.3. The number of ether oxygens (including phenoxy) is 2. The highest BCUT2D eigenvalue weighted by Gasteiger charge is 2.26. The molecule has 180 valence electrons. The van der Waals surface area contributed by atoms with Crippen LogP contribution in [0.4, 0.5) is 5.69 Å². The summed E-state index contributed by atoms with van der Waals surface area (Å²) in [6.07, 6.45) is 2.80. The van der Waals surface area contributed by atoms with Crippen molar-refractivity contribution >= 4 is 49.0 Å². The van der Waals surface area contributed by atoms with Crippen LogP contribution in [0.2, 0.25) is 0 Å². The number of aryl methyl sites for hydroxylation is 1. The van der Waals surface area contributed by atoms with Crippen molar-refractivity contribution in [1.29, 1.82) is 0 Å². The molecule has 4 rings (SSSR count). The zero-order valence-corrected chi connectivity index (χ0v) is 20.6. The summed E-state index contributed by atoms with van der Waals surface area (Å²) < 4.78 is 38.6. The first-order chi connectivity index (χ1) is 16.3. The molecular formula is C24H26N2O6S2. The number of nitrogens with one attached hydrogen (secondary N) is 1. The third kappa shape index (κ3) is 5.24. The van der Waals surface area contributed by atoms with E-state index in [-0.39, 0.29) is 17.4 Å². The number of carbonyl (C=O) groups excluding carboxylic acids is 2. The molecule has 1 fully saturated rings. The van der Waals surface area contributed by atoms with Crippen LogP contribution in [0.25, 0.3) is 10.1 Å². The van der Waals surface area contributed by atoms with Crippen molar-refractivity contribution in [2.45, 2.75) is 31.1 Å². The second kappa shape index (κ2) is 10.1. The summed E-state index contributed by atoms with van der Waals surface area (Å²) in [5, 5.41) is 3.60. The van der Waals surface area contributed by atoms with Crippen LogP contribution in [0.5, 0.6) is 5.75 Å². The summed E-state index contributed by atoms with van der Waals surface area (Å²) in [6.45, 7) is 2.61. The molecule has 0 radical (unpaired) electrons. The molecule has 0 bridgehead atoms. The number of hydrogen-bond acceptors (Lipinski definition) is 7. The largest absolute Gasteiger partial charge is 0.483 e. The van der Waals surface area contributed by atoms with E-state index in [1.165, 1.54) is 28.8 Å². The highest BCUT2D eigenvalue weighted by atomic mass is 32.2. The van der Waals surface area contributed by atoms with Crippen molar-refractivity contribution in [3.8, 4) is 5.75 Å². The SMILES string of the molecule is COC(=O)c1cc2cc(NC(=O)COc3ccc(S(=O)(=O)N4CCCCC4)cc3C)ccc2s1. The zero-order valence-electron chi connectivity index (χ0n) is 19.0. The van der Waals surface area contributed by atoms with E-state index < -0.39 is 16.0 Å². The predicted octanol–water partition coefficient (Wildman–Crippen LogP) is 4.19. The number of anilines is 1. The number of rotatable bonds is 7. The quantitative estimate of drug-likeness (QED) is 0.486. The van der Waals surface area contributed by atoms with Gasteiger partial charge in [-0.05, 0) is 73.2 Å². The molecule has 0 spiro atoms. The molecule has 10 heteroatoms. The standard InChI is InChI=1S/C24H26N2O6S2/c1-16-12-19(34(29,30)26-10-4-3-5-11-26)7-8-20(16)32-15-23(27)25-18-6-9-21-17(13-18)14-22(33-21)24(28)31-2/h6-9,12-14H,3-5,10-11,15H2,1-2H3,(H,25,27). The second-order valence-electron chi connectivity index (χ2n) is 8.08. The Labute approximate surface area is 202 Å². The van der Waals surface area contributed by atoms with Gasteiger partial charge in [0.25, 0.3) is 5.91 Å². The van der Waals surface area contributed by atoms with Crippen LogP contribution in [-0.4, -0.2) is 51.4 Å². The van der Waals surface area contributed by atoms with Gasteiger partial charge in [-0.15, -0.1) is 11.3 Å². The molecule has 0 unspecified atom stereocenters. The maximum Gasteiger partial charge on any atom is 0.348 e. The minimum atomic E-state index is -3.53. The first-order valence-electron chi connectivity index (χ1n) is 10.9. The molecule has 34 heavy (non-hydrogen) atoms. The fourth-order valence-electron chi connectivity index (χ4n) is 3.86. The smallest absolute Gasteiger partial charge is 0.348 e. The van der Waals surface area contributed by atoms with Crippen LogP contribution in [0.15, 0.2) is 47.4 Å². The number of piperidine rings is 1. The molecule has 1 aromatic heterocycles. The molecule has 2 aromatic carbocycles. The van der Waals surface area contributed by atoms with Crippen molar-refractivity contribution < 1.29 is 27.5 Å². The molecule has 3 aromatic rings. The van der Waals surface area contributed by atoms with Gasteiger partial charge in [-0.3, -0.25) is 4.79 Å². The summed E-state index contributed by atoms with van der Waals surface area (Å²) in [5.74, 6) is -0.304. The molecule has 1 saturated heterocycles. The highest BCUT2D eigenvalue weighted by Crippen LogP contribution is 2.29. The Hall–Kier alpha value is -2.95. The molecule has 0 saturated carbocycles. The summed E-state index contributed by atoms with van der Waals surface area (Å²) in [6, 6.07) is 11.8. The van der Waals surface area contributed by atoms with E-state index in [1.54, 1.807) is 37.3 Å². The summed E-state index contributed by atoms with van der Waals surface area (Å²) >= 11 is 1.32. The Kier molecular flexibility index (Phi) is 7.20. The van der Waals surface area contributed by atoms with Gasteiger partial charge >= 0.3 is 5.97 Å². The molecule has 8 nitrogen and oxygen atoms in total. The molecule has 1 aliphatic heterocycles. The van der Waals surface area contributed by atoms with Crippen molar-refractivity contribution in [2.75, 3.05) is 32.1 Å². The van der Waals surface area contributed by atoms with Crippen LogP contribution in [0.3, 0.4) is 0 Å². The fraction of sp³-hybridized carbons (Fsp3) is 0.333. The number of amides is 1. The monoisotopic (exact) mass is 502 g/mol. The van der Waals surface area contributed by atoms with E-state index >= 15 is 0 Å². The molecule has 1 amide bonds. The average molecular weight is 503 g/mol. The number of fused-ring (bicyclic) bond motifs is 1. The number of hydrogen-bond donors (Lipinski definition) is 1. The van der Waals surface area contributed by atoms with Crippen LogP contribution in [-0.2, 0) is 19.6 Å². The van der Waals surface area contributed by atoms with Gasteiger partial charge in [-0.1, -0.05) is 6.42 Å². The maximum atomic E-state index is 12.9. The fourth-order valence-corrected chi connectivity index (χ4v) is 6.43.